The highest BCUT2D eigenvalue weighted by molar-refractivity contribution is 6.30. The van der Waals surface area contributed by atoms with E-state index in [1.807, 2.05) is 39.0 Å². The largest absolute Gasteiger partial charge is 0.480 e. The van der Waals surface area contributed by atoms with E-state index in [2.05, 4.69) is 5.32 Å². The van der Waals surface area contributed by atoms with Crippen molar-refractivity contribution >= 4 is 17.6 Å². The van der Waals surface area contributed by atoms with Crippen LogP contribution < -0.4 is 5.32 Å². The molecule has 0 radical (unpaired) electrons. The van der Waals surface area contributed by atoms with Crippen LogP contribution in [-0.2, 0) is 11.3 Å². The Morgan fingerprint density at radius 3 is 2.59 bits per heavy atom. The van der Waals surface area contributed by atoms with Crippen molar-refractivity contribution in [2.45, 2.75) is 33.4 Å². The fourth-order valence-electron chi connectivity index (χ4n) is 1.63. The number of carboxylic acid groups (broad SMARTS) is 1. The zero-order valence-corrected chi connectivity index (χ0v) is 11.1. The lowest BCUT2D eigenvalue weighted by molar-refractivity contribution is -0.142. The van der Waals surface area contributed by atoms with Crippen LogP contribution in [0.3, 0.4) is 0 Å². The molecule has 17 heavy (non-hydrogen) atoms. The molecule has 0 aliphatic rings. The number of aliphatic carboxylic acids is 1. The summed E-state index contributed by atoms with van der Waals surface area (Å²) in [7, 11) is 0. The Kier molecular flexibility index (Phi) is 4.54. The highest BCUT2D eigenvalue weighted by atomic mass is 35.5. The van der Waals surface area contributed by atoms with E-state index in [4.69, 9.17) is 16.7 Å². The van der Waals surface area contributed by atoms with Crippen LogP contribution in [0.15, 0.2) is 24.3 Å². The molecule has 2 N–H and O–H groups in total. The summed E-state index contributed by atoms with van der Waals surface area (Å²) in [6.45, 7) is 6.19. The monoisotopic (exact) mass is 255 g/mol. The molecule has 94 valence electrons. The molecule has 0 aromatic heterocycles. The highest BCUT2D eigenvalue weighted by Gasteiger charge is 2.30. The first-order valence-electron chi connectivity index (χ1n) is 5.51. The number of nitrogens with one attached hydrogen (secondary N) is 1. The summed E-state index contributed by atoms with van der Waals surface area (Å²) >= 11 is 5.87. The van der Waals surface area contributed by atoms with E-state index in [9.17, 15) is 4.79 Å². The number of carbonyl (C=O) groups is 1. The third-order valence-electron chi connectivity index (χ3n) is 2.51. The van der Waals surface area contributed by atoms with Crippen LogP contribution in [0.2, 0.25) is 5.02 Å². The van der Waals surface area contributed by atoms with Gasteiger partial charge in [0.1, 0.15) is 6.04 Å². The van der Waals surface area contributed by atoms with Gasteiger partial charge in [0.05, 0.1) is 0 Å². The van der Waals surface area contributed by atoms with Crippen LogP contribution in [0.5, 0.6) is 0 Å². The molecule has 1 atom stereocenters. The van der Waals surface area contributed by atoms with Crippen molar-refractivity contribution in [2.24, 2.45) is 5.41 Å². The maximum absolute atomic E-state index is 11.1. The van der Waals surface area contributed by atoms with Crippen molar-refractivity contribution in [3.05, 3.63) is 34.9 Å². The minimum Gasteiger partial charge on any atom is -0.480 e. The number of hydrogen-bond acceptors (Lipinski definition) is 2. The first kappa shape index (κ1) is 14.0. The molecule has 0 saturated heterocycles. The van der Waals surface area contributed by atoms with Crippen LogP contribution in [-0.4, -0.2) is 17.1 Å². The quantitative estimate of drug-likeness (QED) is 0.870. The van der Waals surface area contributed by atoms with Gasteiger partial charge in [0, 0.05) is 11.6 Å². The van der Waals surface area contributed by atoms with Gasteiger partial charge in [-0.3, -0.25) is 10.1 Å². The molecule has 0 fully saturated rings. The van der Waals surface area contributed by atoms with Crippen LogP contribution in [0, 0.1) is 5.41 Å². The molecule has 0 heterocycles. The number of benzene rings is 1. The summed E-state index contributed by atoms with van der Waals surface area (Å²) in [5, 5.41) is 12.9. The molecule has 3 nitrogen and oxygen atoms in total. The lowest BCUT2D eigenvalue weighted by atomic mass is 9.86. The van der Waals surface area contributed by atoms with Crippen molar-refractivity contribution in [3.8, 4) is 0 Å². The van der Waals surface area contributed by atoms with Crippen LogP contribution in [0.1, 0.15) is 26.3 Å². The summed E-state index contributed by atoms with van der Waals surface area (Å²) < 4.78 is 0. The smallest absolute Gasteiger partial charge is 0.321 e. The Labute approximate surface area is 107 Å². The Bertz CT molecular complexity index is 399. The third-order valence-corrected chi connectivity index (χ3v) is 2.75. The highest BCUT2D eigenvalue weighted by Crippen LogP contribution is 2.20. The standard InChI is InChI=1S/C13H18ClNO2/c1-13(2,3)11(12(16)17)15-8-9-5-4-6-10(14)7-9/h4-7,11,15H,8H2,1-3H3,(H,16,17). The SMILES string of the molecule is CC(C)(C)C(NCc1cccc(Cl)c1)C(=O)O. The van der Waals surface area contributed by atoms with Gasteiger partial charge >= 0.3 is 5.97 Å². The van der Waals surface area contributed by atoms with Crippen LogP contribution >= 0.6 is 11.6 Å². The second kappa shape index (κ2) is 5.52. The summed E-state index contributed by atoms with van der Waals surface area (Å²) in [5.41, 5.74) is 0.651. The zero-order chi connectivity index (χ0) is 13.1. The Hall–Kier alpha value is -1.06. The van der Waals surface area contributed by atoms with Crippen molar-refractivity contribution < 1.29 is 9.90 Å². The van der Waals surface area contributed by atoms with Gasteiger partial charge in [0.25, 0.3) is 0 Å². The Morgan fingerprint density at radius 1 is 1.47 bits per heavy atom. The number of hydrogen-bond donors (Lipinski definition) is 2. The molecule has 1 unspecified atom stereocenters. The number of rotatable bonds is 4. The number of carboxylic acids is 1. The van der Waals surface area contributed by atoms with E-state index < -0.39 is 12.0 Å². The van der Waals surface area contributed by atoms with Gasteiger partial charge in [-0.2, -0.15) is 0 Å². The summed E-state index contributed by atoms with van der Waals surface area (Å²) in [6, 6.07) is 6.81. The predicted molar refractivity (Wildman–Crippen MR) is 69.2 cm³/mol. The van der Waals surface area contributed by atoms with E-state index in [0.717, 1.165) is 5.56 Å². The topological polar surface area (TPSA) is 49.3 Å². The van der Waals surface area contributed by atoms with Crippen molar-refractivity contribution in [2.75, 3.05) is 0 Å². The predicted octanol–water partition coefficient (Wildman–Crippen LogP) is 2.93. The first-order valence-corrected chi connectivity index (χ1v) is 5.89. The Balaban J connectivity index is 2.68. The molecule has 0 bridgehead atoms. The minimum absolute atomic E-state index is 0.329. The second-order valence-electron chi connectivity index (χ2n) is 5.15. The molecular weight excluding hydrogens is 238 g/mol. The average molecular weight is 256 g/mol. The van der Waals surface area contributed by atoms with Gasteiger partial charge in [-0.1, -0.05) is 44.5 Å². The van der Waals surface area contributed by atoms with Gasteiger partial charge in [-0.25, -0.2) is 0 Å². The van der Waals surface area contributed by atoms with Crippen LogP contribution in [0.25, 0.3) is 0 Å². The van der Waals surface area contributed by atoms with E-state index >= 15 is 0 Å². The van der Waals surface area contributed by atoms with E-state index in [-0.39, 0.29) is 5.41 Å². The van der Waals surface area contributed by atoms with Gasteiger partial charge in [0.15, 0.2) is 0 Å². The van der Waals surface area contributed by atoms with Gasteiger partial charge in [0.2, 0.25) is 0 Å². The van der Waals surface area contributed by atoms with E-state index in [1.54, 1.807) is 6.07 Å². The summed E-state index contributed by atoms with van der Waals surface area (Å²) in [4.78, 5) is 11.1. The van der Waals surface area contributed by atoms with Crippen molar-refractivity contribution in [1.82, 2.24) is 5.32 Å². The van der Waals surface area contributed by atoms with E-state index in [0.29, 0.717) is 11.6 Å². The number of halogens is 1. The first-order chi connectivity index (χ1) is 7.80. The maximum Gasteiger partial charge on any atom is 0.321 e. The second-order valence-corrected chi connectivity index (χ2v) is 5.58. The molecule has 0 aliphatic carbocycles. The normalized spacial score (nSPS) is 13.4. The molecule has 1 aromatic rings. The molecule has 0 aliphatic heterocycles. The minimum atomic E-state index is -0.834. The third kappa shape index (κ3) is 4.36. The Morgan fingerprint density at radius 2 is 2.12 bits per heavy atom. The fraction of sp³-hybridized carbons (Fsp3) is 0.462. The lowest BCUT2D eigenvalue weighted by Gasteiger charge is -2.28. The van der Waals surface area contributed by atoms with E-state index in [1.165, 1.54) is 0 Å². The fourth-order valence-corrected chi connectivity index (χ4v) is 1.84. The molecule has 1 aromatic carbocycles. The molecular formula is C13H18ClNO2. The maximum atomic E-state index is 11.1. The van der Waals surface area contributed by atoms with Gasteiger partial charge in [-0.05, 0) is 23.1 Å². The zero-order valence-electron chi connectivity index (χ0n) is 10.3. The lowest BCUT2D eigenvalue weighted by Crippen LogP contribution is -2.46. The molecule has 0 spiro atoms. The van der Waals surface area contributed by atoms with Gasteiger partial charge in [-0.15, -0.1) is 0 Å². The van der Waals surface area contributed by atoms with Crippen molar-refractivity contribution in [1.29, 1.82) is 0 Å². The van der Waals surface area contributed by atoms with Gasteiger partial charge < -0.3 is 5.11 Å². The molecule has 0 saturated carbocycles. The molecule has 1 rings (SSSR count). The van der Waals surface area contributed by atoms with Crippen LogP contribution in [0.4, 0.5) is 0 Å². The molecule has 0 amide bonds. The van der Waals surface area contributed by atoms with Crippen molar-refractivity contribution in [3.63, 3.8) is 0 Å². The molecule has 4 heteroatoms. The summed E-state index contributed by atoms with van der Waals surface area (Å²) in [6.07, 6.45) is 0. The average Bonchev–Trinajstić information content (AvgIpc) is 2.15. The summed E-state index contributed by atoms with van der Waals surface area (Å²) in [5.74, 6) is -0.834.